The molecule has 0 fully saturated rings. The number of benzene rings is 1. The number of anilines is 1. The number of nitrogen functional groups attached to an aromatic ring is 1. The summed E-state index contributed by atoms with van der Waals surface area (Å²) in [6.45, 7) is 2.36. The molecule has 2 aromatic rings. The fraction of sp³-hybridized carbons (Fsp3) is 0.214. The number of methoxy groups -OCH3 is 1. The molecule has 4 nitrogen and oxygen atoms in total. The molecule has 2 rings (SSSR count). The standard InChI is InChI=1S/C14H15FN2O2/c1-3-19-13-6-9(4-5-12(13)16)10-7-14(18-2)17-8-11(10)15/h4-8H,3,16H2,1-2H3. The van der Waals surface area contributed by atoms with Crippen LogP contribution in [0.15, 0.2) is 30.5 Å². The van der Waals surface area contributed by atoms with Crippen molar-refractivity contribution in [2.45, 2.75) is 6.92 Å². The van der Waals surface area contributed by atoms with Gasteiger partial charge in [-0.3, -0.25) is 0 Å². The second kappa shape index (κ2) is 5.56. The fourth-order valence-electron chi connectivity index (χ4n) is 1.73. The number of pyridine rings is 1. The molecule has 0 bridgehead atoms. The van der Waals surface area contributed by atoms with Crippen LogP contribution in [0.3, 0.4) is 0 Å². The van der Waals surface area contributed by atoms with E-state index in [2.05, 4.69) is 4.98 Å². The van der Waals surface area contributed by atoms with Crippen molar-refractivity contribution in [3.05, 3.63) is 36.3 Å². The number of aromatic nitrogens is 1. The lowest BCUT2D eigenvalue weighted by molar-refractivity contribution is 0.342. The largest absolute Gasteiger partial charge is 0.492 e. The first-order chi connectivity index (χ1) is 9.15. The Morgan fingerprint density at radius 2 is 2.11 bits per heavy atom. The smallest absolute Gasteiger partial charge is 0.213 e. The molecular weight excluding hydrogens is 247 g/mol. The van der Waals surface area contributed by atoms with E-state index < -0.39 is 5.82 Å². The van der Waals surface area contributed by atoms with E-state index in [0.29, 0.717) is 35.1 Å². The summed E-state index contributed by atoms with van der Waals surface area (Å²) in [4.78, 5) is 3.81. The van der Waals surface area contributed by atoms with Crippen LogP contribution < -0.4 is 15.2 Å². The van der Waals surface area contributed by atoms with Gasteiger partial charge in [0.2, 0.25) is 5.88 Å². The SMILES string of the molecule is CCOc1cc(-c2cc(OC)ncc2F)ccc1N. The Morgan fingerprint density at radius 3 is 2.79 bits per heavy atom. The number of rotatable bonds is 4. The highest BCUT2D eigenvalue weighted by Crippen LogP contribution is 2.31. The van der Waals surface area contributed by atoms with Crippen molar-refractivity contribution in [3.8, 4) is 22.8 Å². The summed E-state index contributed by atoms with van der Waals surface area (Å²) < 4.78 is 24.2. The van der Waals surface area contributed by atoms with Gasteiger partial charge in [-0.2, -0.15) is 0 Å². The van der Waals surface area contributed by atoms with Crippen molar-refractivity contribution < 1.29 is 13.9 Å². The highest BCUT2D eigenvalue weighted by molar-refractivity contribution is 5.70. The van der Waals surface area contributed by atoms with Crippen molar-refractivity contribution >= 4 is 5.69 Å². The first-order valence-corrected chi connectivity index (χ1v) is 5.88. The number of ether oxygens (including phenoxy) is 2. The van der Waals surface area contributed by atoms with Crippen molar-refractivity contribution in [1.29, 1.82) is 0 Å². The summed E-state index contributed by atoms with van der Waals surface area (Å²) in [6.07, 6.45) is 1.13. The van der Waals surface area contributed by atoms with E-state index in [1.54, 1.807) is 18.2 Å². The van der Waals surface area contributed by atoms with Crippen LogP contribution in [-0.2, 0) is 0 Å². The lowest BCUT2D eigenvalue weighted by Crippen LogP contribution is -1.98. The summed E-state index contributed by atoms with van der Waals surface area (Å²) in [6, 6.07) is 6.66. The number of nitrogens with zero attached hydrogens (tertiary/aromatic N) is 1. The number of hydrogen-bond donors (Lipinski definition) is 1. The van der Waals surface area contributed by atoms with Crippen molar-refractivity contribution in [2.75, 3.05) is 19.5 Å². The van der Waals surface area contributed by atoms with Gasteiger partial charge < -0.3 is 15.2 Å². The van der Waals surface area contributed by atoms with Crippen LogP contribution in [-0.4, -0.2) is 18.7 Å². The second-order valence-electron chi connectivity index (χ2n) is 3.89. The molecule has 0 saturated heterocycles. The molecule has 1 aromatic heterocycles. The summed E-state index contributed by atoms with van der Waals surface area (Å²) in [5, 5.41) is 0. The van der Waals surface area contributed by atoms with Crippen LogP contribution in [0, 0.1) is 5.82 Å². The minimum Gasteiger partial charge on any atom is -0.492 e. The third-order valence-corrected chi connectivity index (χ3v) is 2.66. The normalized spacial score (nSPS) is 10.3. The van der Waals surface area contributed by atoms with Crippen LogP contribution in [0.1, 0.15) is 6.92 Å². The summed E-state index contributed by atoms with van der Waals surface area (Å²) in [5.74, 6) is 0.467. The molecule has 1 heterocycles. The van der Waals surface area contributed by atoms with Gasteiger partial charge in [0.1, 0.15) is 11.6 Å². The molecular formula is C14H15FN2O2. The molecule has 100 valence electrons. The van der Waals surface area contributed by atoms with Crippen molar-refractivity contribution in [3.63, 3.8) is 0 Å². The number of halogens is 1. The third kappa shape index (κ3) is 2.76. The zero-order valence-corrected chi connectivity index (χ0v) is 10.8. The molecule has 0 saturated carbocycles. The van der Waals surface area contributed by atoms with Gasteiger partial charge in [-0.25, -0.2) is 9.37 Å². The Morgan fingerprint density at radius 1 is 1.32 bits per heavy atom. The fourth-order valence-corrected chi connectivity index (χ4v) is 1.73. The molecule has 0 aliphatic heterocycles. The summed E-state index contributed by atoms with van der Waals surface area (Å²) in [7, 11) is 1.48. The van der Waals surface area contributed by atoms with Gasteiger partial charge in [0, 0.05) is 11.6 Å². The van der Waals surface area contributed by atoms with Gasteiger partial charge in [0.05, 0.1) is 25.6 Å². The van der Waals surface area contributed by atoms with E-state index in [1.807, 2.05) is 6.92 Å². The molecule has 0 spiro atoms. The maximum Gasteiger partial charge on any atom is 0.213 e. The van der Waals surface area contributed by atoms with Gasteiger partial charge in [-0.1, -0.05) is 6.07 Å². The first kappa shape index (κ1) is 13.1. The quantitative estimate of drug-likeness (QED) is 0.861. The zero-order chi connectivity index (χ0) is 13.8. The highest BCUT2D eigenvalue weighted by atomic mass is 19.1. The topological polar surface area (TPSA) is 57.4 Å². The predicted molar refractivity (Wildman–Crippen MR) is 71.8 cm³/mol. The molecule has 0 atom stereocenters. The van der Waals surface area contributed by atoms with E-state index in [4.69, 9.17) is 15.2 Å². The number of hydrogen-bond acceptors (Lipinski definition) is 4. The summed E-state index contributed by atoms with van der Waals surface area (Å²) >= 11 is 0. The minimum atomic E-state index is -0.423. The predicted octanol–water partition coefficient (Wildman–Crippen LogP) is 2.88. The Bertz CT molecular complexity index is 588. The van der Waals surface area contributed by atoms with E-state index in [0.717, 1.165) is 6.20 Å². The molecule has 0 amide bonds. The maximum atomic E-state index is 13.8. The van der Waals surface area contributed by atoms with E-state index in [1.165, 1.54) is 13.2 Å². The molecule has 0 radical (unpaired) electrons. The molecule has 0 unspecified atom stereocenters. The van der Waals surface area contributed by atoms with Crippen molar-refractivity contribution in [1.82, 2.24) is 4.98 Å². The molecule has 0 aliphatic rings. The van der Waals surface area contributed by atoms with Crippen LogP contribution in [0.4, 0.5) is 10.1 Å². The van der Waals surface area contributed by atoms with Crippen LogP contribution in [0.5, 0.6) is 11.6 Å². The van der Waals surface area contributed by atoms with E-state index in [-0.39, 0.29) is 0 Å². The molecule has 2 N–H and O–H groups in total. The lowest BCUT2D eigenvalue weighted by atomic mass is 10.1. The van der Waals surface area contributed by atoms with Crippen LogP contribution >= 0.6 is 0 Å². The van der Waals surface area contributed by atoms with Gasteiger partial charge in [-0.05, 0) is 24.6 Å². The molecule has 1 aromatic carbocycles. The summed E-state index contributed by atoms with van der Waals surface area (Å²) in [5.41, 5.74) is 7.37. The van der Waals surface area contributed by atoms with Gasteiger partial charge >= 0.3 is 0 Å². The average Bonchev–Trinajstić information content (AvgIpc) is 2.42. The minimum absolute atomic E-state index is 0.353. The zero-order valence-electron chi connectivity index (χ0n) is 10.8. The highest BCUT2D eigenvalue weighted by Gasteiger charge is 2.10. The Labute approximate surface area is 111 Å². The first-order valence-electron chi connectivity index (χ1n) is 5.88. The third-order valence-electron chi connectivity index (χ3n) is 2.66. The number of nitrogens with two attached hydrogens (primary N) is 1. The molecule has 19 heavy (non-hydrogen) atoms. The second-order valence-corrected chi connectivity index (χ2v) is 3.89. The Kier molecular flexibility index (Phi) is 3.85. The maximum absolute atomic E-state index is 13.8. The monoisotopic (exact) mass is 262 g/mol. The van der Waals surface area contributed by atoms with Crippen molar-refractivity contribution in [2.24, 2.45) is 0 Å². The van der Waals surface area contributed by atoms with Crippen LogP contribution in [0.2, 0.25) is 0 Å². The Hall–Kier alpha value is -2.30. The van der Waals surface area contributed by atoms with Gasteiger partial charge in [-0.15, -0.1) is 0 Å². The van der Waals surface area contributed by atoms with Gasteiger partial charge in [0.15, 0.2) is 0 Å². The van der Waals surface area contributed by atoms with E-state index in [9.17, 15) is 4.39 Å². The Balaban J connectivity index is 2.49. The van der Waals surface area contributed by atoms with Gasteiger partial charge in [0.25, 0.3) is 0 Å². The lowest BCUT2D eigenvalue weighted by Gasteiger charge is -2.10. The van der Waals surface area contributed by atoms with Crippen LogP contribution in [0.25, 0.3) is 11.1 Å². The average molecular weight is 262 g/mol. The molecule has 5 heteroatoms. The molecule has 0 aliphatic carbocycles. The van der Waals surface area contributed by atoms with E-state index >= 15 is 0 Å².